The van der Waals surface area contributed by atoms with E-state index in [1.807, 2.05) is 0 Å². The predicted octanol–water partition coefficient (Wildman–Crippen LogP) is 2.96. The van der Waals surface area contributed by atoms with Crippen LogP contribution in [0.3, 0.4) is 0 Å². The lowest BCUT2D eigenvalue weighted by molar-refractivity contribution is 0.0588. The summed E-state index contributed by atoms with van der Waals surface area (Å²) in [6, 6.07) is 3.21. The predicted molar refractivity (Wildman–Crippen MR) is 73.6 cm³/mol. The number of rotatable bonds is 9. The van der Waals surface area contributed by atoms with Crippen molar-refractivity contribution in [2.45, 2.75) is 32.2 Å². The van der Waals surface area contributed by atoms with E-state index < -0.39 is 5.97 Å². The largest absolute Gasteiger partial charge is 0.464 e. The van der Waals surface area contributed by atoms with Gasteiger partial charge < -0.3 is 9.30 Å². The van der Waals surface area contributed by atoms with Crippen molar-refractivity contribution < 1.29 is 14.3 Å². The van der Waals surface area contributed by atoms with Gasteiger partial charge in [-0.2, -0.15) is 0 Å². The van der Waals surface area contributed by atoms with Gasteiger partial charge in [0.15, 0.2) is 6.29 Å². The van der Waals surface area contributed by atoms with E-state index >= 15 is 0 Å². The van der Waals surface area contributed by atoms with E-state index in [9.17, 15) is 9.59 Å². The lowest BCUT2D eigenvalue weighted by Gasteiger charge is -2.09. The third-order valence-electron chi connectivity index (χ3n) is 2.98. The summed E-state index contributed by atoms with van der Waals surface area (Å²) < 4.78 is 6.36. The summed E-state index contributed by atoms with van der Waals surface area (Å²) in [6.45, 7) is 1.10. The number of aldehydes is 1. The van der Waals surface area contributed by atoms with E-state index in [0.29, 0.717) is 24.5 Å². The minimum atomic E-state index is -0.443. The second-order valence-corrected chi connectivity index (χ2v) is 4.27. The molecule has 7 nitrogen and oxygen atoms in total. The van der Waals surface area contributed by atoms with Crippen molar-refractivity contribution >= 4 is 12.3 Å². The molecule has 0 fully saturated rings. The average molecular weight is 278 g/mol. The minimum Gasteiger partial charge on any atom is -0.464 e. The van der Waals surface area contributed by atoms with Crippen molar-refractivity contribution in [1.82, 2.24) is 4.57 Å². The molecule has 0 unspecified atom stereocenters. The lowest BCUT2D eigenvalue weighted by Crippen LogP contribution is -2.13. The Morgan fingerprint density at radius 1 is 1.40 bits per heavy atom. The molecule has 0 saturated carbocycles. The van der Waals surface area contributed by atoms with Crippen LogP contribution in [0.2, 0.25) is 0 Å². The number of carbonyl (C=O) groups is 2. The first-order chi connectivity index (χ1) is 9.74. The van der Waals surface area contributed by atoms with Crippen LogP contribution in [-0.2, 0) is 11.3 Å². The van der Waals surface area contributed by atoms with E-state index in [4.69, 9.17) is 5.53 Å². The molecular formula is C13H18N4O3. The normalized spacial score (nSPS) is 9.85. The zero-order valence-electron chi connectivity index (χ0n) is 11.5. The Hall–Kier alpha value is -2.27. The molecule has 1 heterocycles. The maximum absolute atomic E-state index is 11.6. The van der Waals surface area contributed by atoms with Crippen molar-refractivity contribution in [2.24, 2.45) is 5.11 Å². The molecule has 1 aromatic heterocycles. The molecule has 0 N–H and O–H groups in total. The summed E-state index contributed by atoms with van der Waals surface area (Å²) in [6.07, 6.45) is 4.31. The Morgan fingerprint density at radius 2 is 2.15 bits per heavy atom. The first-order valence-corrected chi connectivity index (χ1v) is 6.48. The number of azide groups is 1. The number of esters is 1. The van der Waals surface area contributed by atoms with Gasteiger partial charge in [0, 0.05) is 18.0 Å². The van der Waals surface area contributed by atoms with Crippen LogP contribution in [0.1, 0.15) is 46.7 Å². The molecule has 0 aliphatic heterocycles. The lowest BCUT2D eigenvalue weighted by atomic mass is 10.2. The van der Waals surface area contributed by atoms with Crippen LogP contribution in [0.15, 0.2) is 17.2 Å². The van der Waals surface area contributed by atoms with Gasteiger partial charge in [0.25, 0.3) is 0 Å². The first kappa shape index (κ1) is 15.8. The van der Waals surface area contributed by atoms with Crippen LogP contribution in [0.4, 0.5) is 0 Å². The van der Waals surface area contributed by atoms with Gasteiger partial charge in [0.1, 0.15) is 5.69 Å². The Balaban J connectivity index is 2.49. The summed E-state index contributed by atoms with van der Waals surface area (Å²) in [5.74, 6) is -0.443. The Bertz CT molecular complexity index is 504. The van der Waals surface area contributed by atoms with Crippen LogP contribution < -0.4 is 0 Å². The standard InChI is InChI=1S/C13H18N4O3/c1-20-13(19)12-7-6-11(10-18)17(12)9-5-3-2-4-8-15-16-14/h6-7,10H,2-5,8-9H2,1H3. The van der Waals surface area contributed by atoms with E-state index in [2.05, 4.69) is 14.8 Å². The number of carbonyl (C=O) groups excluding carboxylic acids is 2. The summed E-state index contributed by atoms with van der Waals surface area (Å²) in [5.41, 5.74) is 9.00. The Morgan fingerprint density at radius 3 is 2.80 bits per heavy atom. The summed E-state index contributed by atoms with van der Waals surface area (Å²) in [4.78, 5) is 25.2. The van der Waals surface area contributed by atoms with E-state index in [-0.39, 0.29) is 0 Å². The van der Waals surface area contributed by atoms with Crippen LogP contribution in [0.5, 0.6) is 0 Å². The van der Waals surface area contributed by atoms with Gasteiger partial charge in [0.2, 0.25) is 0 Å². The maximum atomic E-state index is 11.6. The summed E-state index contributed by atoms with van der Waals surface area (Å²) in [7, 11) is 1.32. The van der Waals surface area contributed by atoms with Crippen LogP contribution >= 0.6 is 0 Å². The molecule has 0 saturated heterocycles. The van der Waals surface area contributed by atoms with E-state index in [0.717, 1.165) is 32.0 Å². The van der Waals surface area contributed by atoms with Crippen molar-refractivity contribution in [3.8, 4) is 0 Å². The number of methoxy groups -OCH3 is 1. The third-order valence-corrected chi connectivity index (χ3v) is 2.98. The molecule has 7 heteroatoms. The first-order valence-electron chi connectivity index (χ1n) is 6.48. The average Bonchev–Trinajstić information content (AvgIpc) is 2.88. The van der Waals surface area contributed by atoms with Crippen molar-refractivity contribution in [2.75, 3.05) is 13.7 Å². The number of nitrogens with zero attached hydrogens (tertiary/aromatic N) is 4. The fourth-order valence-corrected chi connectivity index (χ4v) is 1.97. The number of aromatic nitrogens is 1. The second-order valence-electron chi connectivity index (χ2n) is 4.27. The third kappa shape index (κ3) is 4.44. The highest BCUT2D eigenvalue weighted by molar-refractivity contribution is 5.89. The molecule has 0 aliphatic carbocycles. The Labute approximate surface area is 117 Å². The topological polar surface area (TPSA) is 97.1 Å². The SMILES string of the molecule is COC(=O)c1ccc(C=O)n1CCCCCCN=[N+]=[N-]. The van der Waals surface area contributed by atoms with E-state index in [1.54, 1.807) is 16.7 Å². The number of ether oxygens (including phenoxy) is 1. The molecule has 0 amide bonds. The second kappa shape index (κ2) is 8.77. The van der Waals surface area contributed by atoms with Crippen LogP contribution in [0.25, 0.3) is 10.4 Å². The molecule has 0 aromatic carbocycles. The fraction of sp³-hybridized carbons (Fsp3) is 0.538. The summed E-state index contributed by atoms with van der Waals surface area (Å²) in [5, 5.41) is 3.46. The molecule has 0 spiro atoms. The van der Waals surface area contributed by atoms with Gasteiger partial charge in [0.05, 0.1) is 12.8 Å². The van der Waals surface area contributed by atoms with Crippen LogP contribution in [-0.4, -0.2) is 30.5 Å². The summed E-state index contributed by atoms with van der Waals surface area (Å²) >= 11 is 0. The highest BCUT2D eigenvalue weighted by Crippen LogP contribution is 2.12. The highest BCUT2D eigenvalue weighted by Gasteiger charge is 2.14. The van der Waals surface area contributed by atoms with Gasteiger partial charge in [-0.3, -0.25) is 4.79 Å². The smallest absolute Gasteiger partial charge is 0.354 e. The van der Waals surface area contributed by atoms with E-state index in [1.165, 1.54) is 7.11 Å². The van der Waals surface area contributed by atoms with Gasteiger partial charge in [-0.05, 0) is 30.5 Å². The number of hydrogen-bond acceptors (Lipinski definition) is 4. The quantitative estimate of drug-likeness (QED) is 0.173. The highest BCUT2D eigenvalue weighted by atomic mass is 16.5. The van der Waals surface area contributed by atoms with Crippen molar-refractivity contribution in [3.63, 3.8) is 0 Å². The number of unbranched alkanes of at least 4 members (excludes halogenated alkanes) is 3. The van der Waals surface area contributed by atoms with Gasteiger partial charge >= 0.3 is 5.97 Å². The molecule has 108 valence electrons. The molecule has 1 rings (SSSR count). The molecule has 0 bridgehead atoms. The van der Waals surface area contributed by atoms with Gasteiger partial charge in [-0.15, -0.1) is 0 Å². The van der Waals surface area contributed by atoms with Gasteiger partial charge in [-0.25, -0.2) is 4.79 Å². The molecule has 1 aromatic rings. The maximum Gasteiger partial charge on any atom is 0.354 e. The molecule has 0 aliphatic rings. The molecule has 0 radical (unpaired) electrons. The monoisotopic (exact) mass is 278 g/mol. The molecular weight excluding hydrogens is 260 g/mol. The molecule has 20 heavy (non-hydrogen) atoms. The molecule has 0 atom stereocenters. The van der Waals surface area contributed by atoms with Crippen molar-refractivity contribution in [3.05, 3.63) is 34.0 Å². The number of hydrogen-bond donors (Lipinski definition) is 0. The minimum absolute atomic E-state index is 0.392. The van der Waals surface area contributed by atoms with Crippen LogP contribution in [0, 0.1) is 0 Å². The Kier molecular flexibility index (Phi) is 6.92. The van der Waals surface area contributed by atoms with Gasteiger partial charge in [-0.1, -0.05) is 18.0 Å². The fourth-order valence-electron chi connectivity index (χ4n) is 1.97. The van der Waals surface area contributed by atoms with Crippen molar-refractivity contribution in [1.29, 1.82) is 0 Å². The zero-order valence-corrected chi connectivity index (χ0v) is 11.5. The zero-order chi connectivity index (χ0) is 14.8.